The van der Waals surface area contributed by atoms with Crippen molar-refractivity contribution in [2.75, 3.05) is 40.3 Å². The lowest BCUT2D eigenvalue weighted by molar-refractivity contribution is 0.140. The van der Waals surface area contributed by atoms with Crippen molar-refractivity contribution >= 4 is 0 Å². The van der Waals surface area contributed by atoms with Gasteiger partial charge in [-0.1, -0.05) is 0 Å². The molecule has 0 radical (unpaired) electrons. The van der Waals surface area contributed by atoms with Gasteiger partial charge in [-0.25, -0.2) is 0 Å². The molecule has 1 N–H and O–H groups in total. The lowest BCUT2D eigenvalue weighted by atomic mass is 10.1. The average molecular weight is 295 g/mol. The highest BCUT2D eigenvalue weighted by atomic mass is 16.7. The molecule has 1 aromatic carbocycles. The van der Waals surface area contributed by atoms with E-state index in [1.54, 1.807) is 7.11 Å². The van der Waals surface area contributed by atoms with E-state index in [1.807, 2.05) is 12.1 Å². The summed E-state index contributed by atoms with van der Waals surface area (Å²) < 4.78 is 27.3. The Balaban J connectivity index is 1.71. The maximum absolute atomic E-state index is 6.06. The molecular formula is C15H21NO5. The molecule has 1 unspecified atom stereocenters. The van der Waals surface area contributed by atoms with Crippen molar-refractivity contribution < 1.29 is 23.7 Å². The van der Waals surface area contributed by atoms with Crippen LogP contribution in [0.25, 0.3) is 0 Å². The van der Waals surface area contributed by atoms with Crippen LogP contribution in [0.2, 0.25) is 0 Å². The van der Waals surface area contributed by atoms with Gasteiger partial charge in [0.25, 0.3) is 0 Å². The summed E-state index contributed by atoms with van der Waals surface area (Å²) in [5.41, 5.74) is 1.06. The number of fused-ring (bicyclic) bond motifs is 1. The first kappa shape index (κ1) is 14.4. The fraction of sp³-hybridized carbons (Fsp3) is 0.600. The molecule has 1 fully saturated rings. The van der Waals surface area contributed by atoms with Crippen molar-refractivity contribution in [3.63, 3.8) is 0 Å². The zero-order chi connectivity index (χ0) is 14.5. The number of benzene rings is 1. The Morgan fingerprint density at radius 3 is 2.90 bits per heavy atom. The minimum absolute atomic E-state index is 0.114. The van der Waals surface area contributed by atoms with Crippen LogP contribution < -0.4 is 19.5 Å². The van der Waals surface area contributed by atoms with Gasteiger partial charge in [0.15, 0.2) is 11.5 Å². The third kappa shape index (κ3) is 3.58. The molecule has 6 nitrogen and oxygen atoms in total. The van der Waals surface area contributed by atoms with Crippen molar-refractivity contribution in [1.29, 1.82) is 0 Å². The number of methoxy groups -OCH3 is 1. The SMILES string of the molecule is COCCNCc1cc2c(cc1OC1CCOC1)OCO2. The summed E-state index contributed by atoms with van der Waals surface area (Å²) in [6.07, 6.45) is 1.04. The summed E-state index contributed by atoms with van der Waals surface area (Å²) in [5, 5.41) is 3.33. The van der Waals surface area contributed by atoms with Crippen LogP contribution in [-0.4, -0.2) is 46.4 Å². The van der Waals surface area contributed by atoms with Crippen LogP contribution in [0.3, 0.4) is 0 Å². The molecule has 116 valence electrons. The monoisotopic (exact) mass is 295 g/mol. The van der Waals surface area contributed by atoms with E-state index < -0.39 is 0 Å². The molecule has 2 heterocycles. The van der Waals surface area contributed by atoms with E-state index in [1.165, 1.54) is 0 Å². The van der Waals surface area contributed by atoms with Gasteiger partial charge in [0.2, 0.25) is 6.79 Å². The van der Waals surface area contributed by atoms with E-state index >= 15 is 0 Å². The van der Waals surface area contributed by atoms with Crippen LogP contribution in [0.5, 0.6) is 17.2 Å². The first-order chi connectivity index (χ1) is 10.4. The van der Waals surface area contributed by atoms with Gasteiger partial charge >= 0.3 is 0 Å². The van der Waals surface area contributed by atoms with Gasteiger partial charge in [0, 0.05) is 38.2 Å². The van der Waals surface area contributed by atoms with Crippen molar-refractivity contribution in [2.24, 2.45) is 0 Å². The molecule has 0 saturated carbocycles. The molecule has 0 aromatic heterocycles. The van der Waals surface area contributed by atoms with Crippen molar-refractivity contribution in [2.45, 2.75) is 19.1 Å². The summed E-state index contributed by atoms with van der Waals surface area (Å²) in [7, 11) is 1.69. The molecule has 0 aliphatic carbocycles. The molecule has 21 heavy (non-hydrogen) atoms. The highest BCUT2D eigenvalue weighted by molar-refractivity contribution is 5.52. The predicted octanol–water partition coefficient (Wildman–Crippen LogP) is 1.32. The van der Waals surface area contributed by atoms with E-state index in [0.29, 0.717) is 19.8 Å². The van der Waals surface area contributed by atoms with Gasteiger partial charge in [-0.3, -0.25) is 0 Å². The van der Waals surface area contributed by atoms with Crippen LogP contribution in [-0.2, 0) is 16.0 Å². The summed E-state index contributed by atoms with van der Waals surface area (Å²) >= 11 is 0. The molecule has 0 amide bonds. The number of ether oxygens (including phenoxy) is 5. The Labute approximate surface area is 124 Å². The van der Waals surface area contributed by atoms with Crippen molar-refractivity contribution in [3.8, 4) is 17.2 Å². The second kappa shape index (κ2) is 6.98. The van der Waals surface area contributed by atoms with Crippen molar-refractivity contribution in [3.05, 3.63) is 17.7 Å². The van der Waals surface area contributed by atoms with Gasteiger partial charge < -0.3 is 29.0 Å². The van der Waals surface area contributed by atoms with Crippen LogP contribution in [0.4, 0.5) is 0 Å². The Bertz CT molecular complexity index is 473. The summed E-state index contributed by atoms with van der Waals surface area (Å²) in [5.74, 6) is 2.35. The summed E-state index contributed by atoms with van der Waals surface area (Å²) in [4.78, 5) is 0. The number of hydrogen-bond donors (Lipinski definition) is 1. The first-order valence-corrected chi connectivity index (χ1v) is 7.23. The topological polar surface area (TPSA) is 58.2 Å². The standard InChI is InChI=1S/C15H21NO5/c1-17-5-3-16-8-11-6-14-15(20-10-19-14)7-13(11)21-12-2-4-18-9-12/h6-7,12,16H,2-5,8-10H2,1H3. The Morgan fingerprint density at radius 2 is 2.14 bits per heavy atom. The minimum atomic E-state index is 0.114. The van der Waals surface area contributed by atoms with Gasteiger partial charge in [-0.2, -0.15) is 0 Å². The molecule has 3 rings (SSSR count). The Hall–Kier alpha value is -1.50. The number of hydrogen-bond acceptors (Lipinski definition) is 6. The summed E-state index contributed by atoms with van der Waals surface area (Å²) in [6, 6.07) is 3.89. The highest BCUT2D eigenvalue weighted by Crippen LogP contribution is 2.38. The van der Waals surface area contributed by atoms with E-state index in [4.69, 9.17) is 23.7 Å². The third-order valence-corrected chi connectivity index (χ3v) is 3.54. The van der Waals surface area contributed by atoms with E-state index in [-0.39, 0.29) is 12.9 Å². The summed E-state index contributed by atoms with van der Waals surface area (Å²) in [6.45, 7) is 3.83. The zero-order valence-electron chi connectivity index (χ0n) is 12.2. The third-order valence-electron chi connectivity index (χ3n) is 3.54. The van der Waals surface area contributed by atoms with Gasteiger partial charge in [0.05, 0.1) is 19.8 Å². The van der Waals surface area contributed by atoms with Crippen LogP contribution >= 0.6 is 0 Å². The maximum atomic E-state index is 6.06. The fourth-order valence-electron chi connectivity index (χ4n) is 2.40. The van der Waals surface area contributed by atoms with E-state index in [9.17, 15) is 0 Å². The van der Waals surface area contributed by atoms with E-state index in [0.717, 1.165) is 42.4 Å². The van der Waals surface area contributed by atoms with Gasteiger partial charge in [-0.05, 0) is 6.07 Å². The molecule has 1 atom stereocenters. The van der Waals surface area contributed by atoms with E-state index in [2.05, 4.69) is 5.32 Å². The Kier molecular flexibility index (Phi) is 4.80. The van der Waals surface area contributed by atoms with Crippen LogP contribution in [0.1, 0.15) is 12.0 Å². The molecule has 6 heteroatoms. The lowest BCUT2D eigenvalue weighted by Gasteiger charge is -2.16. The minimum Gasteiger partial charge on any atom is -0.487 e. The highest BCUT2D eigenvalue weighted by Gasteiger charge is 2.22. The second-order valence-corrected chi connectivity index (χ2v) is 5.09. The lowest BCUT2D eigenvalue weighted by Crippen LogP contribution is -2.21. The molecule has 1 saturated heterocycles. The Morgan fingerprint density at radius 1 is 1.29 bits per heavy atom. The number of nitrogens with one attached hydrogen (secondary N) is 1. The fourth-order valence-corrected chi connectivity index (χ4v) is 2.40. The van der Waals surface area contributed by atoms with Crippen LogP contribution in [0.15, 0.2) is 12.1 Å². The maximum Gasteiger partial charge on any atom is 0.231 e. The van der Waals surface area contributed by atoms with Gasteiger partial charge in [-0.15, -0.1) is 0 Å². The number of rotatable bonds is 7. The largest absolute Gasteiger partial charge is 0.487 e. The smallest absolute Gasteiger partial charge is 0.231 e. The molecule has 1 aromatic rings. The average Bonchev–Trinajstić information content (AvgIpc) is 3.14. The molecule has 0 spiro atoms. The molecular weight excluding hydrogens is 274 g/mol. The second-order valence-electron chi connectivity index (χ2n) is 5.09. The first-order valence-electron chi connectivity index (χ1n) is 7.23. The van der Waals surface area contributed by atoms with Crippen molar-refractivity contribution in [1.82, 2.24) is 5.32 Å². The predicted molar refractivity (Wildman–Crippen MR) is 76.0 cm³/mol. The molecule has 0 bridgehead atoms. The normalized spacial score (nSPS) is 20.0. The van der Waals surface area contributed by atoms with Crippen LogP contribution in [0, 0.1) is 0 Å². The molecule has 2 aliphatic rings. The van der Waals surface area contributed by atoms with Gasteiger partial charge in [0.1, 0.15) is 11.9 Å². The zero-order valence-corrected chi connectivity index (χ0v) is 12.2. The molecule has 2 aliphatic heterocycles. The quantitative estimate of drug-likeness (QED) is 0.766.